The standard InChI is InChI=1S/C10H19N3/c1-8-7-13(12-10(8)11)9-5-3-2-4-6-9/h8-9H,2-7H2,1H3,(H2,11,12). The van der Waals surface area contributed by atoms with Gasteiger partial charge in [0.1, 0.15) is 5.84 Å². The Morgan fingerprint density at radius 2 is 2.00 bits per heavy atom. The lowest BCUT2D eigenvalue weighted by atomic mass is 9.95. The number of nitrogens with two attached hydrogens (primary N) is 1. The van der Waals surface area contributed by atoms with E-state index in [1.807, 2.05) is 0 Å². The molecule has 0 radical (unpaired) electrons. The van der Waals surface area contributed by atoms with E-state index in [0.717, 1.165) is 12.4 Å². The third-order valence-electron chi connectivity index (χ3n) is 3.21. The molecule has 3 nitrogen and oxygen atoms in total. The van der Waals surface area contributed by atoms with Crippen LogP contribution in [0.15, 0.2) is 5.10 Å². The van der Waals surface area contributed by atoms with Crippen LogP contribution in [0.3, 0.4) is 0 Å². The first kappa shape index (κ1) is 8.85. The van der Waals surface area contributed by atoms with Crippen molar-refractivity contribution in [2.45, 2.75) is 45.1 Å². The lowest BCUT2D eigenvalue weighted by Gasteiger charge is -2.29. The highest BCUT2D eigenvalue weighted by atomic mass is 15.5. The maximum absolute atomic E-state index is 5.78. The molecule has 1 saturated carbocycles. The largest absolute Gasteiger partial charge is 0.385 e. The molecule has 1 heterocycles. The number of hydrogen-bond acceptors (Lipinski definition) is 3. The van der Waals surface area contributed by atoms with Crippen molar-refractivity contribution in [2.75, 3.05) is 6.54 Å². The van der Waals surface area contributed by atoms with Gasteiger partial charge in [0, 0.05) is 18.5 Å². The highest BCUT2D eigenvalue weighted by Gasteiger charge is 2.27. The quantitative estimate of drug-likeness (QED) is 0.666. The molecule has 1 aliphatic carbocycles. The Balaban J connectivity index is 1.94. The van der Waals surface area contributed by atoms with E-state index in [1.165, 1.54) is 32.1 Å². The van der Waals surface area contributed by atoms with Crippen molar-refractivity contribution in [3.63, 3.8) is 0 Å². The van der Waals surface area contributed by atoms with Crippen molar-refractivity contribution in [1.82, 2.24) is 5.01 Å². The Kier molecular flexibility index (Phi) is 2.42. The maximum atomic E-state index is 5.78. The van der Waals surface area contributed by atoms with Crippen LogP contribution in [-0.2, 0) is 0 Å². The van der Waals surface area contributed by atoms with E-state index in [0.29, 0.717) is 12.0 Å². The van der Waals surface area contributed by atoms with Gasteiger partial charge in [-0.3, -0.25) is 5.01 Å². The van der Waals surface area contributed by atoms with E-state index < -0.39 is 0 Å². The van der Waals surface area contributed by atoms with Gasteiger partial charge >= 0.3 is 0 Å². The molecule has 13 heavy (non-hydrogen) atoms. The van der Waals surface area contributed by atoms with Gasteiger partial charge in [0.2, 0.25) is 0 Å². The van der Waals surface area contributed by atoms with Gasteiger partial charge in [-0.1, -0.05) is 26.2 Å². The van der Waals surface area contributed by atoms with E-state index in [2.05, 4.69) is 17.0 Å². The zero-order chi connectivity index (χ0) is 9.26. The van der Waals surface area contributed by atoms with Gasteiger partial charge in [-0.25, -0.2) is 0 Å². The fraction of sp³-hybridized carbons (Fsp3) is 0.900. The molecular weight excluding hydrogens is 162 g/mol. The van der Waals surface area contributed by atoms with Crippen LogP contribution >= 0.6 is 0 Å². The fourth-order valence-electron chi connectivity index (χ4n) is 2.27. The van der Waals surface area contributed by atoms with E-state index >= 15 is 0 Å². The second-order valence-electron chi connectivity index (χ2n) is 4.34. The van der Waals surface area contributed by atoms with Crippen LogP contribution in [0.1, 0.15) is 39.0 Å². The average Bonchev–Trinajstić information content (AvgIpc) is 2.49. The highest BCUT2D eigenvalue weighted by molar-refractivity contribution is 5.83. The monoisotopic (exact) mass is 181 g/mol. The Morgan fingerprint density at radius 1 is 1.31 bits per heavy atom. The second kappa shape index (κ2) is 3.56. The van der Waals surface area contributed by atoms with Gasteiger partial charge in [0.25, 0.3) is 0 Å². The Morgan fingerprint density at radius 3 is 2.54 bits per heavy atom. The minimum atomic E-state index is 0.460. The summed E-state index contributed by atoms with van der Waals surface area (Å²) in [6, 6.07) is 0.678. The minimum Gasteiger partial charge on any atom is -0.385 e. The zero-order valence-electron chi connectivity index (χ0n) is 8.37. The van der Waals surface area contributed by atoms with Gasteiger partial charge in [0.05, 0.1) is 0 Å². The van der Waals surface area contributed by atoms with Crippen LogP contribution < -0.4 is 5.73 Å². The molecular formula is C10H19N3. The topological polar surface area (TPSA) is 41.6 Å². The molecule has 0 aromatic heterocycles. The molecule has 3 heteroatoms. The molecule has 74 valence electrons. The van der Waals surface area contributed by atoms with Crippen LogP contribution in [0.25, 0.3) is 0 Å². The van der Waals surface area contributed by atoms with Crippen LogP contribution in [0.2, 0.25) is 0 Å². The summed E-state index contributed by atoms with van der Waals surface area (Å²) in [6.45, 7) is 3.19. The molecule has 0 spiro atoms. The normalized spacial score (nSPS) is 30.7. The minimum absolute atomic E-state index is 0.460. The molecule has 0 amide bonds. The number of hydrogen-bond donors (Lipinski definition) is 1. The summed E-state index contributed by atoms with van der Waals surface area (Å²) in [5.41, 5.74) is 5.78. The van der Waals surface area contributed by atoms with E-state index in [9.17, 15) is 0 Å². The molecule has 1 unspecified atom stereocenters. The van der Waals surface area contributed by atoms with E-state index in [-0.39, 0.29) is 0 Å². The number of amidine groups is 1. The average molecular weight is 181 g/mol. The Labute approximate surface area is 80.0 Å². The molecule has 0 bridgehead atoms. The number of rotatable bonds is 1. The first-order chi connectivity index (χ1) is 6.27. The van der Waals surface area contributed by atoms with Crippen LogP contribution in [0.5, 0.6) is 0 Å². The van der Waals surface area contributed by atoms with Crippen molar-refractivity contribution in [3.05, 3.63) is 0 Å². The molecule has 0 aromatic rings. The summed E-state index contributed by atoms with van der Waals surface area (Å²) >= 11 is 0. The highest BCUT2D eigenvalue weighted by Crippen LogP contribution is 2.25. The predicted molar refractivity (Wildman–Crippen MR) is 54.4 cm³/mol. The summed E-state index contributed by atoms with van der Waals surface area (Å²) in [5, 5.41) is 6.64. The van der Waals surface area contributed by atoms with Gasteiger partial charge in [0.15, 0.2) is 0 Å². The van der Waals surface area contributed by atoms with Gasteiger partial charge in [-0.2, -0.15) is 5.10 Å². The first-order valence-corrected chi connectivity index (χ1v) is 5.38. The van der Waals surface area contributed by atoms with Crippen LogP contribution in [0, 0.1) is 5.92 Å². The van der Waals surface area contributed by atoms with Crippen molar-refractivity contribution in [2.24, 2.45) is 16.8 Å². The van der Waals surface area contributed by atoms with Crippen molar-refractivity contribution in [3.8, 4) is 0 Å². The Hall–Kier alpha value is -0.730. The molecule has 2 aliphatic rings. The molecule has 1 fully saturated rings. The first-order valence-electron chi connectivity index (χ1n) is 5.38. The van der Waals surface area contributed by atoms with Crippen molar-refractivity contribution in [1.29, 1.82) is 0 Å². The molecule has 0 aromatic carbocycles. The second-order valence-corrected chi connectivity index (χ2v) is 4.34. The molecule has 1 aliphatic heterocycles. The van der Waals surface area contributed by atoms with E-state index in [4.69, 9.17) is 5.73 Å². The molecule has 0 saturated heterocycles. The zero-order valence-corrected chi connectivity index (χ0v) is 8.37. The van der Waals surface area contributed by atoms with Gasteiger partial charge in [-0.05, 0) is 12.8 Å². The summed E-state index contributed by atoms with van der Waals surface area (Å²) in [7, 11) is 0. The number of nitrogens with zero attached hydrogens (tertiary/aromatic N) is 2. The molecule has 2 rings (SSSR count). The smallest absolute Gasteiger partial charge is 0.124 e. The summed E-state index contributed by atoms with van der Waals surface area (Å²) in [4.78, 5) is 0. The molecule has 1 atom stereocenters. The number of hydrazone groups is 1. The van der Waals surface area contributed by atoms with Crippen LogP contribution in [-0.4, -0.2) is 23.4 Å². The van der Waals surface area contributed by atoms with Gasteiger partial charge < -0.3 is 5.73 Å². The lowest BCUT2D eigenvalue weighted by Crippen LogP contribution is -2.32. The predicted octanol–water partition coefficient (Wildman–Crippen LogP) is 1.54. The molecule has 2 N–H and O–H groups in total. The fourth-order valence-corrected chi connectivity index (χ4v) is 2.27. The van der Waals surface area contributed by atoms with Crippen molar-refractivity contribution < 1.29 is 0 Å². The lowest BCUT2D eigenvalue weighted by molar-refractivity contribution is 0.170. The summed E-state index contributed by atoms with van der Waals surface area (Å²) in [6.07, 6.45) is 6.75. The van der Waals surface area contributed by atoms with E-state index in [1.54, 1.807) is 0 Å². The maximum Gasteiger partial charge on any atom is 0.124 e. The van der Waals surface area contributed by atoms with Crippen LogP contribution in [0.4, 0.5) is 0 Å². The summed E-state index contributed by atoms with van der Waals surface area (Å²) < 4.78 is 0. The Bertz CT molecular complexity index is 206. The SMILES string of the molecule is CC1CN(C2CCCCC2)N=C1N. The third kappa shape index (κ3) is 1.79. The summed E-state index contributed by atoms with van der Waals surface area (Å²) in [5.74, 6) is 1.28. The van der Waals surface area contributed by atoms with Gasteiger partial charge in [-0.15, -0.1) is 0 Å². The van der Waals surface area contributed by atoms with Crippen molar-refractivity contribution >= 4 is 5.84 Å². The third-order valence-corrected chi connectivity index (χ3v) is 3.21.